The Balaban J connectivity index is 1.24. The number of hydrogen-bond donors (Lipinski definition) is 1. The van der Waals surface area contributed by atoms with E-state index in [1.54, 1.807) is 12.1 Å². The highest BCUT2D eigenvalue weighted by Crippen LogP contribution is 2.24. The summed E-state index contributed by atoms with van der Waals surface area (Å²) in [5.74, 6) is 1.50. The number of piperidine rings is 1. The van der Waals surface area contributed by atoms with Crippen molar-refractivity contribution >= 4 is 5.91 Å². The van der Waals surface area contributed by atoms with Crippen molar-refractivity contribution in [2.45, 2.75) is 39.2 Å². The number of ether oxygens (including phenoxy) is 1. The zero-order valence-electron chi connectivity index (χ0n) is 18.7. The number of carbonyl (C=O) groups excluding carboxylic acids is 1. The Bertz CT molecular complexity index is 1010. The highest BCUT2D eigenvalue weighted by atomic mass is 16.5. The van der Waals surface area contributed by atoms with Gasteiger partial charge >= 0.3 is 0 Å². The van der Waals surface area contributed by atoms with Crippen LogP contribution >= 0.6 is 0 Å². The van der Waals surface area contributed by atoms with E-state index in [0.717, 1.165) is 24.2 Å². The SMILES string of the molecule is Cc1ccc(-c2noc(-c3ccc(OCC(=O)NCCN4CCCC[C@@H]4C)cc3)n2)cc1. The fourth-order valence-electron chi connectivity index (χ4n) is 3.88. The van der Waals surface area contributed by atoms with Gasteiger partial charge in [-0.1, -0.05) is 41.4 Å². The van der Waals surface area contributed by atoms with E-state index in [4.69, 9.17) is 9.26 Å². The first-order valence-corrected chi connectivity index (χ1v) is 11.2. The molecule has 168 valence electrons. The third-order valence-corrected chi connectivity index (χ3v) is 5.87. The number of rotatable bonds is 8. The molecule has 7 heteroatoms. The number of benzene rings is 2. The molecule has 0 spiro atoms. The monoisotopic (exact) mass is 434 g/mol. The molecular formula is C25H30N4O3. The molecule has 0 saturated carbocycles. The maximum Gasteiger partial charge on any atom is 0.258 e. The molecule has 4 rings (SSSR count). The topological polar surface area (TPSA) is 80.5 Å². The van der Waals surface area contributed by atoms with E-state index in [-0.39, 0.29) is 12.5 Å². The van der Waals surface area contributed by atoms with E-state index in [0.29, 0.717) is 30.1 Å². The van der Waals surface area contributed by atoms with Crippen LogP contribution in [0.2, 0.25) is 0 Å². The van der Waals surface area contributed by atoms with Crippen LogP contribution in [0, 0.1) is 6.92 Å². The standard InChI is InChI=1S/C25H30N4O3/c1-18-6-8-20(9-7-18)24-27-25(32-28-24)21-10-12-22(13-11-21)31-17-23(30)26-14-16-29-15-4-3-5-19(29)2/h6-13,19H,3-5,14-17H2,1-2H3,(H,26,30)/t19-/m0/s1. The zero-order valence-corrected chi connectivity index (χ0v) is 18.7. The van der Waals surface area contributed by atoms with Crippen molar-refractivity contribution in [2.24, 2.45) is 0 Å². The van der Waals surface area contributed by atoms with Gasteiger partial charge in [0.05, 0.1) is 0 Å². The van der Waals surface area contributed by atoms with Crippen LogP contribution in [0.15, 0.2) is 53.1 Å². The average molecular weight is 435 g/mol. The minimum absolute atomic E-state index is 0.00691. The number of aromatic nitrogens is 2. The molecule has 1 N–H and O–H groups in total. The zero-order chi connectivity index (χ0) is 22.3. The molecule has 1 aromatic heterocycles. The number of nitrogens with zero attached hydrogens (tertiary/aromatic N) is 3. The summed E-state index contributed by atoms with van der Waals surface area (Å²) in [6.45, 7) is 6.93. The molecule has 1 amide bonds. The molecule has 1 saturated heterocycles. The number of aryl methyl sites for hydroxylation is 1. The first-order chi connectivity index (χ1) is 15.6. The van der Waals surface area contributed by atoms with E-state index in [1.807, 2.05) is 43.3 Å². The van der Waals surface area contributed by atoms with E-state index in [1.165, 1.54) is 24.8 Å². The lowest BCUT2D eigenvalue weighted by Gasteiger charge is -2.33. The second-order valence-corrected chi connectivity index (χ2v) is 8.33. The first-order valence-electron chi connectivity index (χ1n) is 11.2. The van der Waals surface area contributed by atoms with Crippen molar-refractivity contribution in [3.8, 4) is 28.6 Å². The Morgan fingerprint density at radius 3 is 2.62 bits per heavy atom. The van der Waals surface area contributed by atoms with Gasteiger partial charge in [0, 0.05) is 30.3 Å². The third kappa shape index (κ3) is 5.73. The molecular weight excluding hydrogens is 404 g/mol. The summed E-state index contributed by atoms with van der Waals surface area (Å²) in [4.78, 5) is 19.0. The molecule has 1 fully saturated rings. The Morgan fingerprint density at radius 1 is 1.12 bits per heavy atom. The number of likely N-dealkylation sites (tertiary alicyclic amines) is 1. The van der Waals surface area contributed by atoms with Crippen LogP contribution in [-0.4, -0.2) is 53.2 Å². The quantitative estimate of drug-likeness (QED) is 0.575. The molecule has 7 nitrogen and oxygen atoms in total. The summed E-state index contributed by atoms with van der Waals surface area (Å²) in [7, 11) is 0. The maximum atomic E-state index is 12.1. The van der Waals surface area contributed by atoms with Gasteiger partial charge in [0.1, 0.15) is 5.75 Å². The summed E-state index contributed by atoms with van der Waals surface area (Å²) >= 11 is 0. The van der Waals surface area contributed by atoms with Gasteiger partial charge in [0.25, 0.3) is 11.8 Å². The maximum absolute atomic E-state index is 12.1. The first kappa shape index (κ1) is 22.0. The van der Waals surface area contributed by atoms with Crippen molar-refractivity contribution in [2.75, 3.05) is 26.2 Å². The molecule has 1 aliphatic rings. The van der Waals surface area contributed by atoms with Gasteiger partial charge in [-0.25, -0.2) is 0 Å². The van der Waals surface area contributed by atoms with Crippen LogP contribution in [0.1, 0.15) is 31.7 Å². The number of nitrogens with one attached hydrogen (secondary N) is 1. The predicted molar refractivity (Wildman–Crippen MR) is 123 cm³/mol. The van der Waals surface area contributed by atoms with Gasteiger partial charge in [0.2, 0.25) is 5.82 Å². The van der Waals surface area contributed by atoms with Crippen molar-refractivity contribution in [1.82, 2.24) is 20.4 Å². The lowest BCUT2D eigenvalue weighted by molar-refractivity contribution is -0.123. The van der Waals surface area contributed by atoms with Crippen LogP contribution in [0.25, 0.3) is 22.8 Å². The van der Waals surface area contributed by atoms with Crippen LogP contribution < -0.4 is 10.1 Å². The minimum atomic E-state index is -0.113. The second kappa shape index (κ2) is 10.4. The normalized spacial score (nSPS) is 16.6. The highest BCUT2D eigenvalue weighted by molar-refractivity contribution is 5.77. The number of carbonyl (C=O) groups is 1. The van der Waals surface area contributed by atoms with Gasteiger partial charge in [0.15, 0.2) is 6.61 Å². The van der Waals surface area contributed by atoms with Gasteiger partial charge in [-0.2, -0.15) is 4.98 Å². The third-order valence-electron chi connectivity index (χ3n) is 5.87. The van der Waals surface area contributed by atoms with Gasteiger partial charge in [-0.3, -0.25) is 9.69 Å². The smallest absolute Gasteiger partial charge is 0.258 e. The molecule has 2 aromatic carbocycles. The Labute approximate surface area is 188 Å². The molecule has 3 aromatic rings. The van der Waals surface area contributed by atoms with Gasteiger partial charge in [-0.15, -0.1) is 0 Å². The van der Waals surface area contributed by atoms with E-state index >= 15 is 0 Å². The van der Waals surface area contributed by atoms with Crippen molar-refractivity contribution in [1.29, 1.82) is 0 Å². The summed E-state index contributed by atoms with van der Waals surface area (Å²) in [5.41, 5.74) is 2.88. The highest BCUT2D eigenvalue weighted by Gasteiger charge is 2.17. The molecule has 0 aliphatic carbocycles. The van der Waals surface area contributed by atoms with Crippen LogP contribution in [0.5, 0.6) is 5.75 Å². The molecule has 32 heavy (non-hydrogen) atoms. The van der Waals surface area contributed by atoms with E-state index in [2.05, 4.69) is 27.3 Å². The number of amides is 1. The second-order valence-electron chi connectivity index (χ2n) is 8.33. The largest absolute Gasteiger partial charge is 0.484 e. The van der Waals surface area contributed by atoms with Crippen molar-refractivity contribution in [3.05, 3.63) is 54.1 Å². The number of hydrogen-bond acceptors (Lipinski definition) is 6. The molecule has 1 atom stereocenters. The van der Waals surface area contributed by atoms with Crippen LogP contribution in [0.3, 0.4) is 0 Å². The Morgan fingerprint density at radius 2 is 1.88 bits per heavy atom. The molecule has 0 unspecified atom stereocenters. The lowest BCUT2D eigenvalue weighted by Crippen LogP contribution is -2.43. The van der Waals surface area contributed by atoms with Gasteiger partial charge in [-0.05, 0) is 57.5 Å². The summed E-state index contributed by atoms with van der Waals surface area (Å²) < 4.78 is 11.0. The minimum Gasteiger partial charge on any atom is -0.484 e. The molecule has 0 radical (unpaired) electrons. The van der Waals surface area contributed by atoms with Crippen molar-refractivity contribution < 1.29 is 14.1 Å². The Hall–Kier alpha value is -3.19. The van der Waals surface area contributed by atoms with E-state index in [9.17, 15) is 4.79 Å². The molecule has 0 bridgehead atoms. The van der Waals surface area contributed by atoms with E-state index < -0.39 is 0 Å². The van der Waals surface area contributed by atoms with Gasteiger partial charge < -0.3 is 14.6 Å². The van der Waals surface area contributed by atoms with Crippen molar-refractivity contribution in [3.63, 3.8) is 0 Å². The van der Waals surface area contributed by atoms with Crippen LogP contribution in [-0.2, 0) is 4.79 Å². The lowest BCUT2D eigenvalue weighted by atomic mass is 10.0. The average Bonchev–Trinajstić information content (AvgIpc) is 3.30. The summed E-state index contributed by atoms with van der Waals surface area (Å²) in [6, 6.07) is 15.9. The summed E-state index contributed by atoms with van der Waals surface area (Å²) in [5, 5.41) is 7.01. The van der Waals surface area contributed by atoms with Crippen LogP contribution in [0.4, 0.5) is 0 Å². The summed E-state index contributed by atoms with van der Waals surface area (Å²) in [6.07, 6.45) is 3.79. The molecule has 2 heterocycles. The predicted octanol–water partition coefficient (Wildman–Crippen LogP) is 4.08. The Kier molecular flexibility index (Phi) is 7.17. The fraction of sp³-hybridized carbons (Fsp3) is 0.400. The molecule has 1 aliphatic heterocycles. The fourth-order valence-corrected chi connectivity index (χ4v) is 3.88.